The molecule has 0 spiro atoms. The monoisotopic (exact) mass is 352 g/mol. The molecule has 1 aromatic rings. The standard InChI is InChI=1S/C17H24N2O6/c1-4-19(17(21)25-12(3)24-16(20)9-18)11(2)7-13-5-6-14-15(8-13)23-10-22-14/h5-6,8,11-12H,4,7,9-10,18H2,1-3H3. The SMILES string of the molecule is CCN(C(=O)OC(C)OC(=O)CN)C(C)Cc1ccc2c(c1)OCO2. The minimum Gasteiger partial charge on any atom is -0.454 e. The molecule has 0 aromatic heterocycles. The van der Waals surface area contributed by atoms with Gasteiger partial charge in [-0.3, -0.25) is 4.79 Å². The van der Waals surface area contributed by atoms with E-state index in [4.69, 9.17) is 24.7 Å². The molecule has 2 unspecified atom stereocenters. The number of rotatable bonds is 7. The number of ether oxygens (including phenoxy) is 4. The van der Waals surface area contributed by atoms with Crippen molar-refractivity contribution in [3.8, 4) is 11.5 Å². The van der Waals surface area contributed by atoms with Gasteiger partial charge in [0.05, 0.1) is 6.54 Å². The van der Waals surface area contributed by atoms with Gasteiger partial charge in [0.25, 0.3) is 0 Å². The Balaban J connectivity index is 1.94. The summed E-state index contributed by atoms with van der Waals surface area (Å²) in [6.45, 7) is 5.67. The number of carbonyl (C=O) groups excluding carboxylic acids is 2. The Morgan fingerprint density at radius 3 is 2.64 bits per heavy atom. The third kappa shape index (κ3) is 4.99. The molecule has 138 valence electrons. The Morgan fingerprint density at radius 2 is 1.96 bits per heavy atom. The first-order valence-corrected chi connectivity index (χ1v) is 8.19. The minimum absolute atomic E-state index is 0.115. The maximum absolute atomic E-state index is 12.3. The number of carbonyl (C=O) groups is 2. The molecule has 8 nitrogen and oxygen atoms in total. The van der Waals surface area contributed by atoms with E-state index in [0.717, 1.165) is 11.3 Å². The van der Waals surface area contributed by atoms with Crippen molar-refractivity contribution in [3.05, 3.63) is 23.8 Å². The van der Waals surface area contributed by atoms with Gasteiger partial charge in [-0.05, 0) is 38.0 Å². The van der Waals surface area contributed by atoms with Crippen molar-refractivity contribution in [2.24, 2.45) is 5.73 Å². The van der Waals surface area contributed by atoms with Crippen molar-refractivity contribution < 1.29 is 28.5 Å². The van der Waals surface area contributed by atoms with Crippen LogP contribution in [-0.4, -0.2) is 49.2 Å². The summed E-state index contributed by atoms with van der Waals surface area (Å²) in [6.07, 6.45) is -0.917. The van der Waals surface area contributed by atoms with Crippen molar-refractivity contribution in [1.29, 1.82) is 0 Å². The first-order chi connectivity index (χ1) is 11.9. The molecule has 0 bridgehead atoms. The van der Waals surface area contributed by atoms with E-state index in [1.54, 1.807) is 4.90 Å². The van der Waals surface area contributed by atoms with Gasteiger partial charge in [0.1, 0.15) is 0 Å². The van der Waals surface area contributed by atoms with Gasteiger partial charge >= 0.3 is 12.1 Å². The molecule has 1 heterocycles. The highest BCUT2D eigenvalue weighted by atomic mass is 16.7. The van der Waals surface area contributed by atoms with Crippen LogP contribution in [0.1, 0.15) is 26.3 Å². The molecule has 1 aliphatic rings. The molecule has 1 aromatic carbocycles. The smallest absolute Gasteiger partial charge is 0.413 e. The third-order valence-corrected chi connectivity index (χ3v) is 3.81. The summed E-state index contributed by atoms with van der Waals surface area (Å²) >= 11 is 0. The van der Waals surface area contributed by atoms with Gasteiger partial charge in [0.2, 0.25) is 13.1 Å². The van der Waals surface area contributed by atoms with Gasteiger partial charge in [0.15, 0.2) is 11.5 Å². The number of nitrogens with two attached hydrogens (primary N) is 1. The predicted octanol–water partition coefficient (Wildman–Crippen LogP) is 1.65. The van der Waals surface area contributed by atoms with Gasteiger partial charge in [-0.15, -0.1) is 0 Å². The Morgan fingerprint density at radius 1 is 1.24 bits per heavy atom. The summed E-state index contributed by atoms with van der Waals surface area (Å²) in [7, 11) is 0. The number of esters is 1. The number of hydrogen-bond donors (Lipinski definition) is 1. The van der Waals surface area contributed by atoms with Crippen LogP contribution in [0.4, 0.5) is 4.79 Å². The van der Waals surface area contributed by atoms with Crippen LogP contribution in [0, 0.1) is 0 Å². The number of hydrogen-bond acceptors (Lipinski definition) is 7. The van der Waals surface area contributed by atoms with Gasteiger partial charge in [-0.1, -0.05) is 6.07 Å². The fourth-order valence-electron chi connectivity index (χ4n) is 2.61. The first-order valence-electron chi connectivity index (χ1n) is 8.19. The van der Waals surface area contributed by atoms with Gasteiger partial charge in [-0.2, -0.15) is 0 Å². The number of fused-ring (bicyclic) bond motifs is 1. The molecular weight excluding hydrogens is 328 g/mol. The van der Waals surface area contributed by atoms with Crippen molar-refractivity contribution in [2.75, 3.05) is 19.9 Å². The van der Waals surface area contributed by atoms with Crippen molar-refractivity contribution in [3.63, 3.8) is 0 Å². The van der Waals surface area contributed by atoms with Crippen molar-refractivity contribution >= 4 is 12.1 Å². The van der Waals surface area contributed by atoms with E-state index >= 15 is 0 Å². The highest BCUT2D eigenvalue weighted by Crippen LogP contribution is 2.33. The molecule has 2 rings (SSSR count). The van der Waals surface area contributed by atoms with E-state index in [1.165, 1.54) is 6.92 Å². The molecule has 0 saturated heterocycles. The maximum atomic E-state index is 12.3. The second-order valence-corrected chi connectivity index (χ2v) is 5.67. The summed E-state index contributed by atoms with van der Waals surface area (Å²) in [5.41, 5.74) is 6.18. The first kappa shape index (κ1) is 18.9. The summed E-state index contributed by atoms with van der Waals surface area (Å²) in [5, 5.41) is 0. The van der Waals surface area contributed by atoms with E-state index in [-0.39, 0.29) is 19.4 Å². The number of benzene rings is 1. The van der Waals surface area contributed by atoms with E-state index in [1.807, 2.05) is 32.0 Å². The average Bonchev–Trinajstić information content (AvgIpc) is 3.02. The van der Waals surface area contributed by atoms with Crippen LogP contribution < -0.4 is 15.2 Å². The lowest BCUT2D eigenvalue weighted by molar-refractivity contribution is -0.164. The molecule has 8 heteroatoms. The van der Waals surface area contributed by atoms with Crippen LogP contribution in [0.25, 0.3) is 0 Å². The van der Waals surface area contributed by atoms with Crippen LogP contribution in [0.5, 0.6) is 11.5 Å². The molecule has 2 atom stereocenters. The number of likely N-dealkylation sites (N-methyl/N-ethyl adjacent to an activating group) is 1. The maximum Gasteiger partial charge on any atom is 0.413 e. The van der Waals surface area contributed by atoms with Gasteiger partial charge in [-0.25, -0.2) is 4.79 Å². The van der Waals surface area contributed by atoms with Gasteiger partial charge < -0.3 is 29.6 Å². The number of nitrogens with zero attached hydrogens (tertiary/aromatic N) is 1. The molecular formula is C17H24N2O6. The summed E-state index contributed by atoms with van der Waals surface area (Å²) in [4.78, 5) is 25.0. The quantitative estimate of drug-likeness (QED) is 0.588. The summed E-state index contributed by atoms with van der Waals surface area (Å²) in [6, 6.07) is 5.58. The van der Waals surface area contributed by atoms with Crippen molar-refractivity contribution in [1.82, 2.24) is 4.90 Å². The highest BCUT2D eigenvalue weighted by Gasteiger charge is 2.24. The van der Waals surface area contributed by atoms with Crippen molar-refractivity contribution in [2.45, 2.75) is 39.5 Å². The van der Waals surface area contributed by atoms with Crippen LogP contribution >= 0.6 is 0 Å². The summed E-state index contributed by atoms with van der Waals surface area (Å²) < 4.78 is 20.7. The highest BCUT2D eigenvalue weighted by molar-refractivity contribution is 5.72. The number of amides is 1. The largest absolute Gasteiger partial charge is 0.454 e. The normalized spacial score (nSPS) is 14.6. The zero-order chi connectivity index (χ0) is 18.4. The Kier molecular flexibility index (Phi) is 6.46. The fourth-order valence-corrected chi connectivity index (χ4v) is 2.61. The molecule has 25 heavy (non-hydrogen) atoms. The molecule has 0 aliphatic carbocycles. The molecule has 1 amide bonds. The van der Waals surface area contributed by atoms with E-state index in [9.17, 15) is 9.59 Å². The molecule has 0 fully saturated rings. The zero-order valence-corrected chi connectivity index (χ0v) is 14.7. The van der Waals surface area contributed by atoms with Gasteiger partial charge in [0, 0.05) is 19.5 Å². The zero-order valence-electron chi connectivity index (χ0n) is 14.7. The molecule has 0 radical (unpaired) electrons. The predicted molar refractivity (Wildman–Crippen MR) is 89.2 cm³/mol. The lowest BCUT2D eigenvalue weighted by atomic mass is 10.1. The molecule has 2 N–H and O–H groups in total. The van der Waals surface area contributed by atoms with Crippen LogP contribution in [0.3, 0.4) is 0 Å². The average molecular weight is 352 g/mol. The summed E-state index contributed by atoms with van der Waals surface area (Å²) in [5.74, 6) is 0.799. The van der Waals surface area contributed by atoms with Crippen LogP contribution in [-0.2, 0) is 20.7 Å². The van der Waals surface area contributed by atoms with E-state index in [2.05, 4.69) is 0 Å². The Bertz CT molecular complexity index is 621. The second kappa shape index (κ2) is 8.57. The lowest BCUT2D eigenvalue weighted by Gasteiger charge is -2.28. The van der Waals surface area contributed by atoms with Crippen LogP contribution in [0.2, 0.25) is 0 Å². The fraction of sp³-hybridized carbons (Fsp3) is 0.529. The second-order valence-electron chi connectivity index (χ2n) is 5.67. The molecule has 1 aliphatic heterocycles. The Labute approximate surface area is 146 Å². The topological polar surface area (TPSA) is 100 Å². The minimum atomic E-state index is -0.990. The molecule has 0 saturated carbocycles. The van der Waals surface area contributed by atoms with E-state index < -0.39 is 18.4 Å². The Hall–Kier alpha value is -2.48. The third-order valence-electron chi connectivity index (χ3n) is 3.81. The van der Waals surface area contributed by atoms with E-state index in [0.29, 0.717) is 18.7 Å². The lowest BCUT2D eigenvalue weighted by Crippen LogP contribution is -2.42. The van der Waals surface area contributed by atoms with Crippen LogP contribution in [0.15, 0.2) is 18.2 Å².